The van der Waals surface area contributed by atoms with Crippen molar-refractivity contribution in [1.82, 2.24) is 9.88 Å². The Morgan fingerprint density at radius 1 is 0.968 bits per heavy atom. The van der Waals surface area contributed by atoms with Crippen LogP contribution in [0.15, 0.2) is 59.5 Å². The number of halogens is 1. The molecule has 0 unspecified atom stereocenters. The molecule has 31 heavy (non-hydrogen) atoms. The number of anilines is 1. The Morgan fingerprint density at radius 3 is 2.35 bits per heavy atom. The molecule has 0 spiro atoms. The molecule has 2 heterocycles. The number of hydrogen-bond donors (Lipinski definition) is 0. The van der Waals surface area contributed by atoms with Crippen LogP contribution in [0, 0.1) is 0 Å². The average Bonchev–Trinajstić information content (AvgIpc) is 2.77. The van der Waals surface area contributed by atoms with Gasteiger partial charge in [0, 0.05) is 37.8 Å². The Bertz CT molecular complexity index is 1190. The maximum atomic E-state index is 12.1. The quantitative estimate of drug-likeness (QED) is 0.569. The monoisotopic (exact) mass is 457 g/mol. The topological polar surface area (TPSA) is 53.5 Å². The number of nitrogens with zero attached hydrogens (tertiary/aromatic N) is 3. The van der Waals surface area contributed by atoms with Crippen LogP contribution < -0.4 is 4.90 Å². The lowest BCUT2D eigenvalue weighted by molar-refractivity contribution is 0.271. The van der Waals surface area contributed by atoms with Gasteiger partial charge in [-0.2, -0.15) is 0 Å². The second-order valence-corrected chi connectivity index (χ2v) is 9.64. The second-order valence-electron chi connectivity index (χ2n) is 7.66. The zero-order chi connectivity index (χ0) is 21.1. The number of likely N-dealkylation sites (N-methyl/N-ethyl adjacent to an activating group) is 1. The van der Waals surface area contributed by atoms with Gasteiger partial charge < -0.3 is 9.80 Å². The molecular formula is C24H28ClN3O2S. The van der Waals surface area contributed by atoms with Gasteiger partial charge in [0.2, 0.25) is 0 Å². The highest BCUT2D eigenvalue weighted by Gasteiger charge is 2.19. The number of hydrogen-bond acceptors (Lipinski definition) is 5. The molecule has 4 rings (SSSR count). The smallest absolute Gasteiger partial charge is 0.176 e. The first kappa shape index (κ1) is 23.3. The first-order valence-electron chi connectivity index (χ1n) is 10.3. The Hall–Kier alpha value is -2.41. The van der Waals surface area contributed by atoms with Crippen LogP contribution in [0.25, 0.3) is 22.9 Å². The van der Waals surface area contributed by atoms with E-state index in [0.717, 1.165) is 55.0 Å². The number of fused-ring (bicyclic) bond motifs is 1. The van der Waals surface area contributed by atoms with E-state index in [0.29, 0.717) is 10.5 Å². The van der Waals surface area contributed by atoms with Gasteiger partial charge in [-0.25, -0.2) is 13.4 Å². The zero-order valence-corrected chi connectivity index (χ0v) is 19.5. The van der Waals surface area contributed by atoms with Crippen LogP contribution in [0.2, 0.25) is 0 Å². The van der Waals surface area contributed by atoms with Crippen molar-refractivity contribution in [3.63, 3.8) is 0 Å². The summed E-state index contributed by atoms with van der Waals surface area (Å²) in [7, 11) is -3.29. The van der Waals surface area contributed by atoms with Crippen molar-refractivity contribution in [2.45, 2.75) is 11.8 Å². The minimum Gasteiger partial charge on any atom is -0.354 e. The minimum absolute atomic E-state index is 0. The van der Waals surface area contributed by atoms with Crippen LogP contribution in [-0.4, -0.2) is 57.3 Å². The highest BCUT2D eigenvalue weighted by molar-refractivity contribution is 7.90. The number of aromatic nitrogens is 1. The van der Waals surface area contributed by atoms with Gasteiger partial charge >= 0.3 is 0 Å². The number of sulfone groups is 1. The van der Waals surface area contributed by atoms with E-state index in [1.807, 2.05) is 36.4 Å². The van der Waals surface area contributed by atoms with Gasteiger partial charge in [-0.05, 0) is 35.7 Å². The van der Waals surface area contributed by atoms with Crippen LogP contribution in [0.5, 0.6) is 0 Å². The molecule has 1 aliphatic heterocycles. The molecule has 3 aromatic rings. The van der Waals surface area contributed by atoms with Crippen LogP contribution in [0.1, 0.15) is 18.2 Å². The van der Waals surface area contributed by atoms with E-state index in [9.17, 15) is 8.42 Å². The molecule has 1 aliphatic rings. The molecule has 0 atom stereocenters. The fourth-order valence-corrected chi connectivity index (χ4v) is 4.82. The van der Waals surface area contributed by atoms with E-state index < -0.39 is 9.84 Å². The van der Waals surface area contributed by atoms with Gasteiger partial charge in [-0.15, -0.1) is 12.4 Å². The SMILES string of the molecule is CCN1CCN(c2nc(/C=C/c3ccccc3S(C)(=O)=O)cc3ccccc23)CC1.Cl. The molecule has 0 N–H and O–H groups in total. The fraction of sp³-hybridized carbons (Fsp3) is 0.292. The van der Waals surface area contributed by atoms with E-state index in [1.165, 1.54) is 6.26 Å². The van der Waals surface area contributed by atoms with Crippen LogP contribution >= 0.6 is 12.4 Å². The molecule has 0 radical (unpaired) electrons. The van der Waals surface area contributed by atoms with Crippen molar-refractivity contribution in [3.8, 4) is 0 Å². The number of benzene rings is 2. The molecule has 0 bridgehead atoms. The lowest BCUT2D eigenvalue weighted by Gasteiger charge is -2.35. The third-order valence-corrected chi connectivity index (χ3v) is 6.78. The van der Waals surface area contributed by atoms with Crippen molar-refractivity contribution in [1.29, 1.82) is 0 Å². The fourth-order valence-electron chi connectivity index (χ4n) is 3.93. The first-order valence-corrected chi connectivity index (χ1v) is 12.2. The highest BCUT2D eigenvalue weighted by atomic mass is 35.5. The van der Waals surface area contributed by atoms with Gasteiger partial charge in [-0.1, -0.05) is 55.5 Å². The van der Waals surface area contributed by atoms with Crippen LogP contribution in [0.4, 0.5) is 5.82 Å². The Kier molecular flexibility index (Phi) is 7.36. The summed E-state index contributed by atoms with van der Waals surface area (Å²) in [6, 6.07) is 17.4. The molecule has 2 aromatic carbocycles. The third kappa shape index (κ3) is 5.26. The van der Waals surface area contributed by atoms with E-state index in [1.54, 1.807) is 12.1 Å². The van der Waals surface area contributed by atoms with E-state index in [4.69, 9.17) is 4.98 Å². The average molecular weight is 458 g/mol. The summed E-state index contributed by atoms with van der Waals surface area (Å²) in [5.74, 6) is 1.000. The van der Waals surface area contributed by atoms with Gasteiger partial charge in [0.15, 0.2) is 9.84 Å². The number of piperazine rings is 1. The van der Waals surface area contributed by atoms with Gasteiger partial charge in [0.05, 0.1) is 10.6 Å². The molecule has 0 saturated carbocycles. The highest BCUT2D eigenvalue weighted by Crippen LogP contribution is 2.28. The molecular weight excluding hydrogens is 430 g/mol. The largest absolute Gasteiger partial charge is 0.354 e. The van der Waals surface area contributed by atoms with Crippen molar-refractivity contribution in [2.24, 2.45) is 0 Å². The molecule has 1 fully saturated rings. The third-order valence-electron chi connectivity index (χ3n) is 5.61. The first-order chi connectivity index (χ1) is 14.5. The number of pyridine rings is 1. The van der Waals surface area contributed by atoms with Crippen LogP contribution in [-0.2, 0) is 9.84 Å². The molecule has 1 aromatic heterocycles. The zero-order valence-electron chi connectivity index (χ0n) is 17.9. The van der Waals surface area contributed by atoms with E-state index in [-0.39, 0.29) is 12.4 Å². The molecule has 164 valence electrons. The van der Waals surface area contributed by atoms with Crippen molar-refractivity contribution in [2.75, 3.05) is 43.9 Å². The van der Waals surface area contributed by atoms with Crippen molar-refractivity contribution >= 4 is 51.0 Å². The molecule has 5 nitrogen and oxygen atoms in total. The minimum atomic E-state index is -3.29. The maximum absolute atomic E-state index is 12.1. The van der Waals surface area contributed by atoms with Crippen LogP contribution in [0.3, 0.4) is 0 Å². The predicted molar refractivity (Wildman–Crippen MR) is 132 cm³/mol. The standard InChI is InChI=1S/C24H27N3O2S.ClH/c1-3-26-14-16-27(17-15-26)24-22-10-6-4-9-20(22)18-21(25-24)13-12-19-8-5-7-11-23(19)30(2,28)29;/h4-13,18H,3,14-17H2,1-2H3;1H/b13-12+;. The molecule has 0 amide bonds. The Labute approximate surface area is 190 Å². The summed E-state index contributed by atoms with van der Waals surface area (Å²) in [5.41, 5.74) is 1.50. The van der Waals surface area contributed by atoms with Gasteiger partial charge in [0.25, 0.3) is 0 Å². The second kappa shape index (κ2) is 9.81. The summed E-state index contributed by atoms with van der Waals surface area (Å²) in [5, 5.41) is 2.28. The summed E-state index contributed by atoms with van der Waals surface area (Å²) >= 11 is 0. The molecule has 1 saturated heterocycles. The maximum Gasteiger partial charge on any atom is 0.176 e. The van der Waals surface area contributed by atoms with E-state index >= 15 is 0 Å². The summed E-state index contributed by atoms with van der Waals surface area (Å²) in [4.78, 5) is 10.1. The van der Waals surface area contributed by atoms with Gasteiger partial charge in [0.1, 0.15) is 5.82 Å². The molecule has 0 aliphatic carbocycles. The van der Waals surface area contributed by atoms with Crippen molar-refractivity contribution < 1.29 is 8.42 Å². The van der Waals surface area contributed by atoms with Gasteiger partial charge in [-0.3, -0.25) is 0 Å². The Balaban J connectivity index is 0.00000272. The number of rotatable bonds is 5. The van der Waals surface area contributed by atoms with E-state index in [2.05, 4.69) is 34.9 Å². The van der Waals surface area contributed by atoms with Crippen molar-refractivity contribution in [3.05, 3.63) is 65.9 Å². The normalized spacial score (nSPS) is 15.4. The summed E-state index contributed by atoms with van der Waals surface area (Å²) in [6.07, 6.45) is 4.98. The Morgan fingerprint density at radius 2 is 1.65 bits per heavy atom. The predicted octanol–water partition coefficient (Wildman–Crippen LogP) is 4.37. The lowest BCUT2D eigenvalue weighted by atomic mass is 10.1. The summed E-state index contributed by atoms with van der Waals surface area (Å²) < 4.78 is 24.2. The molecule has 7 heteroatoms. The summed E-state index contributed by atoms with van der Waals surface area (Å²) in [6.45, 7) is 7.25. The lowest BCUT2D eigenvalue weighted by Crippen LogP contribution is -2.46.